The topological polar surface area (TPSA) is 56.3 Å². The summed E-state index contributed by atoms with van der Waals surface area (Å²) in [6.45, 7) is 12.9. The van der Waals surface area contributed by atoms with Gasteiger partial charge in [-0.25, -0.2) is 9.97 Å². The van der Waals surface area contributed by atoms with E-state index in [0.29, 0.717) is 29.3 Å². The van der Waals surface area contributed by atoms with Crippen molar-refractivity contribution in [2.75, 3.05) is 11.9 Å². The van der Waals surface area contributed by atoms with Gasteiger partial charge in [0.25, 0.3) is 0 Å². The van der Waals surface area contributed by atoms with Crippen LogP contribution in [0.2, 0.25) is 0 Å². The number of pyridine rings is 1. The van der Waals surface area contributed by atoms with Crippen molar-refractivity contribution >= 4 is 27.9 Å². The van der Waals surface area contributed by atoms with Gasteiger partial charge in [-0.2, -0.15) is 0 Å². The summed E-state index contributed by atoms with van der Waals surface area (Å²) in [5, 5.41) is 4.48. The molecule has 214 valence electrons. The number of anilines is 2. The molecule has 40 heavy (non-hydrogen) atoms. The molecule has 2 aliphatic heterocycles. The zero-order chi connectivity index (χ0) is 27.4. The van der Waals surface area contributed by atoms with E-state index in [0.717, 1.165) is 53.8 Å². The van der Waals surface area contributed by atoms with Gasteiger partial charge in [-0.1, -0.05) is 51.2 Å². The van der Waals surface area contributed by atoms with E-state index in [2.05, 4.69) is 50.1 Å². The summed E-state index contributed by atoms with van der Waals surface area (Å²) in [6.07, 6.45) is 12.8. The Balaban J connectivity index is 1.07. The SMILES string of the molecule is Cc1cccc(Nc2nc3c(s2)C2=CC[C@H]4[C@@H]5C[C@@H]6O[C@]7(CC[C@@H](C)CO7)C(C)[C@@H]6[C@@]5(C)CC[C@@H]4[C@@]2(C)CC3)n1. The third-order valence-electron chi connectivity index (χ3n) is 12.7. The lowest BCUT2D eigenvalue weighted by molar-refractivity contribution is -0.272. The predicted molar refractivity (Wildman–Crippen MR) is 160 cm³/mol. The van der Waals surface area contributed by atoms with E-state index < -0.39 is 0 Å². The van der Waals surface area contributed by atoms with Crippen molar-refractivity contribution < 1.29 is 9.47 Å². The molecule has 1 N–H and O–H groups in total. The second-order valence-corrected chi connectivity index (χ2v) is 15.7. The van der Waals surface area contributed by atoms with E-state index in [1.54, 1.807) is 5.57 Å². The van der Waals surface area contributed by atoms with Gasteiger partial charge in [0.15, 0.2) is 10.9 Å². The Morgan fingerprint density at radius 2 is 1.93 bits per heavy atom. The van der Waals surface area contributed by atoms with E-state index in [1.165, 1.54) is 49.1 Å². The first-order chi connectivity index (χ1) is 19.2. The zero-order valence-corrected chi connectivity index (χ0v) is 25.7. The molecule has 8 rings (SSSR count). The first-order valence-electron chi connectivity index (χ1n) is 15.9. The summed E-state index contributed by atoms with van der Waals surface area (Å²) in [5.74, 6) is 4.63. The molecule has 5 nitrogen and oxygen atoms in total. The first kappa shape index (κ1) is 25.9. The highest BCUT2D eigenvalue weighted by molar-refractivity contribution is 7.16. The first-order valence-corrected chi connectivity index (χ1v) is 16.7. The van der Waals surface area contributed by atoms with E-state index in [4.69, 9.17) is 14.5 Å². The van der Waals surface area contributed by atoms with Crippen molar-refractivity contribution in [2.45, 2.75) is 97.9 Å². The quantitative estimate of drug-likeness (QED) is 0.402. The molecule has 6 aliphatic rings. The molecule has 2 aromatic rings. The molecule has 0 bridgehead atoms. The number of nitrogens with one attached hydrogen (secondary N) is 1. The maximum absolute atomic E-state index is 6.99. The molecule has 0 amide bonds. The third-order valence-corrected chi connectivity index (χ3v) is 13.7. The molecule has 4 aliphatic carbocycles. The minimum Gasteiger partial charge on any atom is -0.349 e. The van der Waals surface area contributed by atoms with Gasteiger partial charge in [0.2, 0.25) is 0 Å². The molecule has 10 atom stereocenters. The van der Waals surface area contributed by atoms with Gasteiger partial charge >= 0.3 is 0 Å². The van der Waals surface area contributed by atoms with Gasteiger partial charge in [0, 0.05) is 18.0 Å². The Hall–Kier alpha value is -1.76. The van der Waals surface area contributed by atoms with E-state index in [9.17, 15) is 0 Å². The zero-order valence-electron chi connectivity index (χ0n) is 24.8. The largest absolute Gasteiger partial charge is 0.349 e. The Morgan fingerprint density at radius 3 is 2.73 bits per heavy atom. The molecule has 0 aromatic carbocycles. The summed E-state index contributed by atoms with van der Waals surface area (Å²) in [6, 6.07) is 6.13. The summed E-state index contributed by atoms with van der Waals surface area (Å²) in [5.41, 5.74) is 4.51. The second kappa shape index (κ2) is 8.87. The number of ether oxygens (including phenoxy) is 2. The van der Waals surface area contributed by atoms with Crippen LogP contribution in [0, 0.1) is 53.3 Å². The maximum atomic E-state index is 6.99. The molecular formula is C34H45N3O2S. The standard InChI is InChI=1S/C34H45N3O2S/c1-19-11-16-34(38-18-19)21(3)29-27(39-34)17-25-22-9-10-24-30-26(13-15-32(24,4)23(22)12-14-33(25,29)5)36-31(40-30)37-28-8-6-7-20(2)35-28/h6-8,10,19,21-23,25,27,29H,9,11-18H2,1-5H3,(H,35,36,37)/t19-,21?,22-,23+,25+,27+,29+,32-,33+,34-/m1/s1. The van der Waals surface area contributed by atoms with E-state index in [-0.39, 0.29) is 11.2 Å². The molecular weight excluding hydrogens is 514 g/mol. The summed E-state index contributed by atoms with van der Waals surface area (Å²) in [4.78, 5) is 11.1. The van der Waals surface area contributed by atoms with Crippen LogP contribution in [0.15, 0.2) is 24.3 Å². The van der Waals surface area contributed by atoms with Crippen LogP contribution in [-0.2, 0) is 15.9 Å². The van der Waals surface area contributed by atoms with Crippen LogP contribution in [0.4, 0.5) is 10.9 Å². The molecule has 2 saturated heterocycles. The average molecular weight is 560 g/mol. The van der Waals surface area contributed by atoms with Crippen molar-refractivity contribution in [1.82, 2.24) is 9.97 Å². The van der Waals surface area contributed by atoms with Gasteiger partial charge in [-0.3, -0.25) is 0 Å². The van der Waals surface area contributed by atoms with E-state index >= 15 is 0 Å². The number of fused-ring (bicyclic) bond motifs is 9. The Morgan fingerprint density at radius 1 is 1.05 bits per heavy atom. The van der Waals surface area contributed by atoms with Gasteiger partial charge in [-0.15, -0.1) is 0 Å². The summed E-state index contributed by atoms with van der Waals surface area (Å²) in [7, 11) is 0. The molecule has 4 fully saturated rings. The Bertz CT molecular complexity index is 1360. The number of aryl methyl sites for hydroxylation is 2. The van der Waals surface area contributed by atoms with Crippen molar-refractivity contribution in [1.29, 1.82) is 0 Å². The lowest BCUT2D eigenvalue weighted by Crippen LogP contribution is -2.51. The lowest BCUT2D eigenvalue weighted by atomic mass is 9.47. The van der Waals surface area contributed by atoms with E-state index in [1.807, 2.05) is 30.4 Å². The Kier molecular flexibility index (Phi) is 5.75. The molecule has 4 heterocycles. The minimum absolute atomic E-state index is 0.247. The van der Waals surface area contributed by atoms with Gasteiger partial charge < -0.3 is 14.8 Å². The van der Waals surface area contributed by atoms with Crippen LogP contribution in [0.1, 0.15) is 88.9 Å². The maximum Gasteiger partial charge on any atom is 0.189 e. The van der Waals surface area contributed by atoms with Gasteiger partial charge in [-0.05, 0) is 110 Å². The monoisotopic (exact) mass is 559 g/mol. The van der Waals surface area contributed by atoms with Crippen LogP contribution in [0.25, 0.3) is 5.57 Å². The third kappa shape index (κ3) is 3.57. The van der Waals surface area contributed by atoms with Crippen molar-refractivity contribution in [2.24, 2.45) is 46.3 Å². The van der Waals surface area contributed by atoms with Crippen LogP contribution >= 0.6 is 11.3 Å². The fourth-order valence-electron chi connectivity index (χ4n) is 10.7. The number of rotatable bonds is 2. The molecule has 2 aromatic heterocycles. The minimum atomic E-state index is -0.316. The highest BCUT2D eigenvalue weighted by Crippen LogP contribution is 2.71. The number of hydrogen-bond acceptors (Lipinski definition) is 6. The van der Waals surface area contributed by atoms with Crippen LogP contribution in [0.3, 0.4) is 0 Å². The number of aromatic nitrogens is 2. The van der Waals surface area contributed by atoms with Crippen molar-refractivity contribution in [3.63, 3.8) is 0 Å². The molecule has 0 radical (unpaired) electrons. The van der Waals surface area contributed by atoms with Crippen molar-refractivity contribution in [3.8, 4) is 0 Å². The van der Waals surface area contributed by atoms with Crippen LogP contribution < -0.4 is 5.32 Å². The lowest BCUT2D eigenvalue weighted by Gasteiger charge is -2.57. The van der Waals surface area contributed by atoms with Crippen LogP contribution in [0.5, 0.6) is 0 Å². The number of nitrogens with zero attached hydrogens (tertiary/aromatic N) is 2. The number of thiazole rings is 1. The summed E-state index contributed by atoms with van der Waals surface area (Å²) >= 11 is 1.84. The van der Waals surface area contributed by atoms with Crippen molar-refractivity contribution in [3.05, 3.63) is 40.5 Å². The molecule has 1 unspecified atom stereocenters. The second-order valence-electron chi connectivity index (χ2n) is 14.7. The Labute approximate surface area is 243 Å². The molecule has 2 saturated carbocycles. The fraction of sp³-hybridized carbons (Fsp3) is 0.706. The number of hydrogen-bond donors (Lipinski definition) is 1. The predicted octanol–water partition coefficient (Wildman–Crippen LogP) is 8.18. The number of allylic oxidation sites excluding steroid dienone is 2. The average Bonchev–Trinajstić information content (AvgIpc) is 3.55. The normalized spacial score (nSPS) is 45.2. The smallest absolute Gasteiger partial charge is 0.189 e. The summed E-state index contributed by atoms with van der Waals surface area (Å²) < 4.78 is 13.5. The highest BCUT2D eigenvalue weighted by Gasteiger charge is 2.68. The molecule has 1 spiro atoms. The highest BCUT2D eigenvalue weighted by atomic mass is 32.1. The van der Waals surface area contributed by atoms with Gasteiger partial charge in [0.1, 0.15) is 5.82 Å². The van der Waals surface area contributed by atoms with Gasteiger partial charge in [0.05, 0.1) is 23.3 Å². The van der Waals surface area contributed by atoms with Crippen LogP contribution in [-0.4, -0.2) is 28.5 Å². The fourth-order valence-corrected chi connectivity index (χ4v) is 11.9. The molecule has 6 heteroatoms.